The van der Waals surface area contributed by atoms with E-state index in [1.165, 1.54) is 0 Å². The molecule has 1 unspecified atom stereocenters. The number of rotatable bonds is 4. The Labute approximate surface area is 68.9 Å². The normalized spacial score (nSPS) is 15.5. The zero-order valence-corrected chi connectivity index (χ0v) is 7.89. The van der Waals surface area contributed by atoms with Gasteiger partial charge in [0.15, 0.2) is 0 Å². The van der Waals surface area contributed by atoms with Crippen molar-refractivity contribution in [3.63, 3.8) is 0 Å². The quantitative estimate of drug-likeness (QED) is 0.294. The summed E-state index contributed by atoms with van der Waals surface area (Å²) < 4.78 is 0. The SMILES string of the molecule is CCN(N)C(N)C(C)(C)NC. The van der Waals surface area contributed by atoms with Crippen LogP contribution in [0.3, 0.4) is 0 Å². The minimum atomic E-state index is -0.155. The van der Waals surface area contributed by atoms with Gasteiger partial charge in [0.1, 0.15) is 0 Å². The third-order valence-electron chi connectivity index (χ3n) is 2.11. The van der Waals surface area contributed by atoms with Gasteiger partial charge in [-0.05, 0) is 20.9 Å². The lowest BCUT2D eigenvalue weighted by atomic mass is 10.0. The molecule has 1 atom stereocenters. The van der Waals surface area contributed by atoms with Gasteiger partial charge in [-0.1, -0.05) is 6.92 Å². The van der Waals surface area contributed by atoms with Crippen LogP contribution in [0.1, 0.15) is 20.8 Å². The zero-order valence-electron chi connectivity index (χ0n) is 7.89. The number of hydrazine groups is 1. The lowest BCUT2D eigenvalue weighted by Crippen LogP contribution is -2.63. The van der Waals surface area contributed by atoms with Gasteiger partial charge in [0.25, 0.3) is 0 Å². The first-order chi connectivity index (χ1) is 4.95. The van der Waals surface area contributed by atoms with E-state index in [4.69, 9.17) is 11.6 Å². The summed E-state index contributed by atoms with van der Waals surface area (Å²) in [6, 6.07) is 0. The van der Waals surface area contributed by atoms with E-state index < -0.39 is 0 Å². The van der Waals surface area contributed by atoms with Crippen molar-refractivity contribution >= 4 is 0 Å². The van der Waals surface area contributed by atoms with Crippen LogP contribution in [0.4, 0.5) is 0 Å². The Bertz CT molecular complexity index is 113. The van der Waals surface area contributed by atoms with E-state index in [-0.39, 0.29) is 11.7 Å². The van der Waals surface area contributed by atoms with E-state index in [2.05, 4.69) is 5.32 Å². The third kappa shape index (κ3) is 2.75. The second-order valence-electron chi connectivity index (χ2n) is 3.25. The van der Waals surface area contributed by atoms with Crippen LogP contribution in [-0.4, -0.2) is 30.3 Å². The summed E-state index contributed by atoms with van der Waals surface area (Å²) in [6.07, 6.45) is -0.155. The number of nitrogens with one attached hydrogen (secondary N) is 1. The second-order valence-corrected chi connectivity index (χ2v) is 3.25. The molecule has 5 N–H and O–H groups in total. The second kappa shape index (κ2) is 4.01. The minimum absolute atomic E-state index is 0.148. The Morgan fingerprint density at radius 1 is 1.55 bits per heavy atom. The predicted octanol–water partition coefficient (Wildman–Crippen LogP) is -0.535. The highest BCUT2D eigenvalue weighted by atomic mass is 15.5. The number of hydrogen-bond donors (Lipinski definition) is 3. The summed E-state index contributed by atoms with van der Waals surface area (Å²) in [4.78, 5) is 0. The maximum absolute atomic E-state index is 5.85. The molecule has 4 nitrogen and oxygen atoms in total. The maximum atomic E-state index is 5.85. The molecular weight excluding hydrogens is 140 g/mol. The fourth-order valence-electron chi connectivity index (χ4n) is 0.759. The molecule has 11 heavy (non-hydrogen) atoms. The largest absolute Gasteiger partial charge is 0.313 e. The van der Waals surface area contributed by atoms with Crippen LogP contribution < -0.4 is 16.9 Å². The molecule has 0 aliphatic carbocycles. The molecule has 0 heterocycles. The monoisotopic (exact) mass is 160 g/mol. The van der Waals surface area contributed by atoms with Crippen LogP contribution in [0.5, 0.6) is 0 Å². The molecular formula is C7H20N4. The predicted molar refractivity (Wildman–Crippen MR) is 47.7 cm³/mol. The van der Waals surface area contributed by atoms with Gasteiger partial charge < -0.3 is 11.1 Å². The van der Waals surface area contributed by atoms with Gasteiger partial charge in [-0.3, -0.25) is 5.84 Å². The topological polar surface area (TPSA) is 67.3 Å². The van der Waals surface area contributed by atoms with Gasteiger partial charge in [0.05, 0.1) is 6.17 Å². The van der Waals surface area contributed by atoms with Gasteiger partial charge in [0, 0.05) is 12.1 Å². The molecule has 0 saturated carbocycles. The highest BCUT2D eigenvalue weighted by Crippen LogP contribution is 2.06. The summed E-state index contributed by atoms with van der Waals surface area (Å²) in [5.41, 5.74) is 5.71. The van der Waals surface area contributed by atoms with Crippen molar-refractivity contribution in [1.82, 2.24) is 10.3 Å². The van der Waals surface area contributed by atoms with Gasteiger partial charge in [-0.25, -0.2) is 5.01 Å². The molecule has 0 aromatic heterocycles. The van der Waals surface area contributed by atoms with Gasteiger partial charge in [0.2, 0.25) is 0 Å². The van der Waals surface area contributed by atoms with Crippen LogP contribution in [0, 0.1) is 0 Å². The summed E-state index contributed by atoms with van der Waals surface area (Å²) in [6.45, 7) is 6.78. The van der Waals surface area contributed by atoms with Crippen molar-refractivity contribution in [3.8, 4) is 0 Å². The number of likely N-dealkylation sites (N-methyl/N-ethyl adjacent to an activating group) is 2. The molecule has 0 radical (unpaired) electrons. The fraction of sp³-hybridized carbons (Fsp3) is 1.00. The summed E-state index contributed by atoms with van der Waals surface area (Å²) >= 11 is 0. The standard InChI is InChI=1S/C7H20N4/c1-5-11(9)6(8)7(2,3)10-4/h6,10H,5,8-9H2,1-4H3. The van der Waals surface area contributed by atoms with Crippen LogP contribution in [0.15, 0.2) is 0 Å². The smallest absolute Gasteiger partial charge is 0.0884 e. The average molecular weight is 160 g/mol. The highest BCUT2D eigenvalue weighted by Gasteiger charge is 2.27. The molecule has 0 aromatic rings. The molecule has 0 bridgehead atoms. The Morgan fingerprint density at radius 2 is 2.00 bits per heavy atom. The van der Waals surface area contributed by atoms with E-state index >= 15 is 0 Å². The van der Waals surface area contributed by atoms with Crippen LogP contribution in [0.2, 0.25) is 0 Å². The van der Waals surface area contributed by atoms with Gasteiger partial charge >= 0.3 is 0 Å². The first-order valence-electron chi connectivity index (χ1n) is 3.91. The van der Waals surface area contributed by atoms with E-state index in [0.29, 0.717) is 0 Å². The zero-order chi connectivity index (χ0) is 9.07. The summed E-state index contributed by atoms with van der Waals surface area (Å²) in [5.74, 6) is 5.65. The van der Waals surface area contributed by atoms with E-state index in [1.807, 2.05) is 27.8 Å². The maximum Gasteiger partial charge on any atom is 0.0884 e. The van der Waals surface area contributed by atoms with Crippen molar-refractivity contribution in [2.45, 2.75) is 32.5 Å². The van der Waals surface area contributed by atoms with Crippen molar-refractivity contribution in [3.05, 3.63) is 0 Å². The fourth-order valence-corrected chi connectivity index (χ4v) is 0.759. The molecule has 4 heteroatoms. The molecule has 0 aromatic carbocycles. The molecule has 0 spiro atoms. The third-order valence-corrected chi connectivity index (χ3v) is 2.11. The molecule has 0 aliphatic rings. The van der Waals surface area contributed by atoms with Crippen LogP contribution in [0.25, 0.3) is 0 Å². The molecule has 0 amide bonds. The van der Waals surface area contributed by atoms with Gasteiger partial charge in [-0.15, -0.1) is 0 Å². The number of hydrogen-bond acceptors (Lipinski definition) is 4. The summed E-state index contributed by atoms with van der Waals surface area (Å²) in [7, 11) is 1.88. The van der Waals surface area contributed by atoms with E-state index in [9.17, 15) is 0 Å². The lowest BCUT2D eigenvalue weighted by Gasteiger charge is -2.36. The Hall–Kier alpha value is -0.160. The Morgan fingerprint density at radius 3 is 2.27 bits per heavy atom. The van der Waals surface area contributed by atoms with Crippen molar-refractivity contribution in [2.75, 3.05) is 13.6 Å². The molecule has 0 rings (SSSR count). The molecule has 0 aliphatic heterocycles. The average Bonchev–Trinajstić information content (AvgIpc) is 2.01. The first-order valence-corrected chi connectivity index (χ1v) is 3.91. The van der Waals surface area contributed by atoms with E-state index in [1.54, 1.807) is 5.01 Å². The van der Waals surface area contributed by atoms with Gasteiger partial charge in [-0.2, -0.15) is 0 Å². The molecule has 0 saturated heterocycles. The van der Waals surface area contributed by atoms with Crippen molar-refractivity contribution in [1.29, 1.82) is 0 Å². The highest BCUT2D eigenvalue weighted by molar-refractivity contribution is 4.85. The minimum Gasteiger partial charge on any atom is -0.313 e. The Kier molecular flexibility index (Phi) is 3.96. The van der Waals surface area contributed by atoms with E-state index in [0.717, 1.165) is 6.54 Å². The van der Waals surface area contributed by atoms with Crippen molar-refractivity contribution in [2.24, 2.45) is 11.6 Å². The van der Waals surface area contributed by atoms with Crippen LogP contribution >= 0.6 is 0 Å². The van der Waals surface area contributed by atoms with Crippen LogP contribution in [-0.2, 0) is 0 Å². The lowest BCUT2D eigenvalue weighted by molar-refractivity contribution is 0.130. The Balaban J connectivity index is 4.10. The summed E-state index contributed by atoms with van der Waals surface area (Å²) in [5, 5.41) is 4.73. The molecule has 0 fully saturated rings. The van der Waals surface area contributed by atoms with Crippen molar-refractivity contribution < 1.29 is 0 Å². The number of nitrogens with zero attached hydrogens (tertiary/aromatic N) is 1. The first kappa shape index (κ1) is 10.8. The molecule has 68 valence electrons. The number of nitrogens with two attached hydrogens (primary N) is 2.